The molecule has 1 amide bonds. The zero-order valence-electron chi connectivity index (χ0n) is 12.3. The van der Waals surface area contributed by atoms with Gasteiger partial charge in [0.2, 0.25) is 5.91 Å². The van der Waals surface area contributed by atoms with Gasteiger partial charge in [0.1, 0.15) is 12.1 Å². The van der Waals surface area contributed by atoms with Gasteiger partial charge in [-0.3, -0.25) is 9.48 Å². The third-order valence-corrected chi connectivity index (χ3v) is 4.15. The van der Waals surface area contributed by atoms with E-state index >= 15 is 0 Å². The molecule has 2 heterocycles. The maximum atomic E-state index is 12.3. The first-order valence-electron chi connectivity index (χ1n) is 7.25. The average molecular weight is 285 g/mol. The highest BCUT2D eigenvalue weighted by Crippen LogP contribution is 2.36. The molecule has 2 aromatic heterocycles. The second-order valence-corrected chi connectivity index (χ2v) is 5.59. The Morgan fingerprint density at radius 3 is 2.71 bits per heavy atom. The Bertz CT molecular complexity index is 633. The molecule has 1 aliphatic carbocycles. The van der Waals surface area contributed by atoms with Gasteiger partial charge >= 0.3 is 0 Å². The first-order valence-corrected chi connectivity index (χ1v) is 7.25. The molecule has 110 valence electrons. The molecule has 1 saturated carbocycles. The zero-order valence-corrected chi connectivity index (χ0v) is 12.3. The van der Waals surface area contributed by atoms with Crippen molar-refractivity contribution in [2.75, 3.05) is 5.32 Å². The number of aromatic nitrogens is 4. The van der Waals surface area contributed by atoms with Gasteiger partial charge < -0.3 is 5.32 Å². The molecule has 1 aliphatic rings. The van der Waals surface area contributed by atoms with Gasteiger partial charge in [-0.15, -0.1) is 0 Å². The lowest BCUT2D eigenvalue weighted by atomic mass is 9.83. The number of aryl methyl sites for hydroxylation is 1. The fourth-order valence-electron chi connectivity index (χ4n) is 2.43. The standard InChI is InChI=1S/C15H19N5O/c1-10(12-7-16-9-17-8-12)15(21)18-14-6-13(19-20(14)2)11-4-3-5-11/h6-11H,3-5H2,1-2H3,(H,18,21). The average Bonchev–Trinajstić information content (AvgIpc) is 2.77. The highest BCUT2D eigenvalue weighted by atomic mass is 16.2. The summed E-state index contributed by atoms with van der Waals surface area (Å²) < 4.78 is 1.74. The first kappa shape index (κ1) is 13.7. The fraction of sp³-hybridized carbons (Fsp3) is 0.467. The molecule has 0 saturated heterocycles. The summed E-state index contributed by atoms with van der Waals surface area (Å²) in [6.45, 7) is 1.84. The van der Waals surface area contributed by atoms with Crippen LogP contribution in [0.3, 0.4) is 0 Å². The fourth-order valence-corrected chi connectivity index (χ4v) is 2.43. The predicted octanol–water partition coefficient (Wildman–Crippen LogP) is 2.22. The van der Waals surface area contributed by atoms with Crippen molar-refractivity contribution in [3.05, 3.63) is 36.0 Å². The molecule has 1 N–H and O–H groups in total. The molecule has 0 bridgehead atoms. The van der Waals surface area contributed by atoms with Gasteiger partial charge in [-0.25, -0.2) is 9.97 Å². The normalized spacial score (nSPS) is 16.3. The number of hydrogen-bond donors (Lipinski definition) is 1. The van der Waals surface area contributed by atoms with Crippen molar-refractivity contribution in [3.8, 4) is 0 Å². The number of rotatable bonds is 4. The quantitative estimate of drug-likeness (QED) is 0.935. The van der Waals surface area contributed by atoms with Crippen molar-refractivity contribution in [1.82, 2.24) is 19.7 Å². The van der Waals surface area contributed by atoms with E-state index in [0.717, 1.165) is 17.1 Å². The number of carbonyl (C=O) groups excluding carboxylic acids is 1. The molecule has 0 aliphatic heterocycles. The van der Waals surface area contributed by atoms with E-state index in [1.807, 2.05) is 20.0 Å². The van der Waals surface area contributed by atoms with Crippen molar-refractivity contribution in [2.45, 2.75) is 38.0 Å². The summed E-state index contributed by atoms with van der Waals surface area (Å²) in [6, 6.07) is 1.98. The van der Waals surface area contributed by atoms with Gasteiger partial charge in [0.05, 0.1) is 11.6 Å². The topological polar surface area (TPSA) is 72.7 Å². The number of nitrogens with zero attached hydrogens (tertiary/aromatic N) is 4. The Morgan fingerprint density at radius 2 is 2.10 bits per heavy atom. The molecule has 0 radical (unpaired) electrons. The maximum Gasteiger partial charge on any atom is 0.232 e. The number of nitrogens with one attached hydrogen (secondary N) is 1. The van der Waals surface area contributed by atoms with E-state index in [1.165, 1.54) is 25.6 Å². The molecule has 6 heteroatoms. The van der Waals surface area contributed by atoms with Gasteiger partial charge in [0.25, 0.3) is 0 Å². The SMILES string of the molecule is CC(C(=O)Nc1cc(C2CCC2)nn1C)c1cncnc1. The molecule has 21 heavy (non-hydrogen) atoms. The van der Waals surface area contributed by atoms with Crippen molar-refractivity contribution in [3.63, 3.8) is 0 Å². The Balaban J connectivity index is 1.71. The van der Waals surface area contributed by atoms with E-state index in [0.29, 0.717) is 5.92 Å². The van der Waals surface area contributed by atoms with Crippen LogP contribution in [0.1, 0.15) is 49.3 Å². The summed E-state index contributed by atoms with van der Waals surface area (Å²) in [5.74, 6) is 0.925. The first-order chi connectivity index (χ1) is 10.1. The van der Waals surface area contributed by atoms with Crippen LogP contribution < -0.4 is 5.32 Å². The molecule has 1 atom stereocenters. The lowest BCUT2D eigenvalue weighted by molar-refractivity contribution is -0.117. The van der Waals surface area contributed by atoms with E-state index in [-0.39, 0.29) is 11.8 Å². The molecule has 0 aromatic carbocycles. The molecule has 3 rings (SSSR count). The summed E-state index contributed by atoms with van der Waals surface area (Å²) >= 11 is 0. The van der Waals surface area contributed by atoms with Crippen LogP contribution in [0.4, 0.5) is 5.82 Å². The molecular formula is C15H19N5O. The highest BCUT2D eigenvalue weighted by Gasteiger charge is 2.24. The van der Waals surface area contributed by atoms with Crippen LogP contribution in [0.5, 0.6) is 0 Å². The third kappa shape index (κ3) is 2.79. The van der Waals surface area contributed by atoms with Gasteiger partial charge in [-0.1, -0.05) is 6.42 Å². The Hall–Kier alpha value is -2.24. The van der Waals surface area contributed by atoms with E-state index in [4.69, 9.17) is 0 Å². The van der Waals surface area contributed by atoms with E-state index < -0.39 is 0 Å². The summed E-state index contributed by atoms with van der Waals surface area (Å²) in [5, 5.41) is 7.43. The van der Waals surface area contributed by atoms with Crippen molar-refractivity contribution in [2.24, 2.45) is 7.05 Å². The van der Waals surface area contributed by atoms with E-state index in [2.05, 4.69) is 20.4 Å². The van der Waals surface area contributed by atoms with Crippen molar-refractivity contribution in [1.29, 1.82) is 0 Å². The van der Waals surface area contributed by atoms with Crippen LogP contribution in [0, 0.1) is 0 Å². The van der Waals surface area contributed by atoms with Gasteiger partial charge in [-0.05, 0) is 19.8 Å². The van der Waals surface area contributed by atoms with Crippen molar-refractivity contribution < 1.29 is 4.79 Å². The monoisotopic (exact) mass is 285 g/mol. The summed E-state index contributed by atoms with van der Waals surface area (Å²) in [7, 11) is 1.86. The number of hydrogen-bond acceptors (Lipinski definition) is 4. The largest absolute Gasteiger partial charge is 0.310 e. The van der Waals surface area contributed by atoms with Crippen LogP contribution in [0.25, 0.3) is 0 Å². The number of anilines is 1. The van der Waals surface area contributed by atoms with Crippen LogP contribution in [0.15, 0.2) is 24.8 Å². The molecule has 1 fully saturated rings. The van der Waals surface area contributed by atoms with E-state index in [9.17, 15) is 4.79 Å². The third-order valence-electron chi connectivity index (χ3n) is 4.15. The van der Waals surface area contributed by atoms with Crippen LogP contribution in [0.2, 0.25) is 0 Å². The lowest BCUT2D eigenvalue weighted by Crippen LogP contribution is -2.20. The molecule has 6 nitrogen and oxygen atoms in total. The predicted molar refractivity (Wildman–Crippen MR) is 78.9 cm³/mol. The Labute approximate surface area is 123 Å². The molecular weight excluding hydrogens is 266 g/mol. The molecule has 2 aromatic rings. The minimum Gasteiger partial charge on any atom is -0.310 e. The van der Waals surface area contributed by atoms with Crippen molar-refractivity contribution >= 4 is 11.7 Å². The maximum absolute atomic E-state index is 12.3. The molecule has 1 unspecified atom stereocenters. The highest BCUT2D eigenvalue weighted by molar-refractivity contribution is 5.94. The second kappa shape index (κ2) is 5.63. The zero-order chi connectivity index (χ0) is 14.8. The Morgan fingerprint density at radius 1 is 1.38 bits per heavy atom. The second-order valence-electron chi connectivity index (χ2n) is 5.59. The minimum atomic E-state index is -0.298. The van der Waals surface area contributed by atoms with Crippen LogP contribution in [-0.4, -0.2) is 25.7 Å². The number of amides is 1. The van der Waals surface area contributed by atoms with Gasteiger partial charge in [0, 0.05) is 37.0 Å². The van der Waals surface area contributed by atoms with Gasteiger partial charge in [0.15, 0.2) is 0 Å². The van der Waals surface area contributed by atoms with Crippen LogP contribution in [-0.2, 0) is 11.8 Å². The summed E-state index contributed by atoms with van der Waals surface area (Å²) in [4.78, 5) is 20.2. The van der Waals surface area contributed by atoms with Crippen LogP contribution >= 0.6 is 0 Å². The van der Waals surface area contributed by atoms with E-state index in [1.54, 1.807) is 17.1 Å². The molecule has 0 spiro atoms. The van der Waals surface area contributed by atoms with Gasteiger partial charge in [-0.2, -0.15) is 5.10 Å². The minimum absolute atomic E-state index is 0.0760. The number of carbonyl (C=O) groups is 1. The Kier molecular flexibility index (Phi) is 3.68. The summed E-state index contributed by atoms with van der Waals surface area (Å²) in [5.41, 5.74) is 1.88. The summed E-state index contributed by atoms with van der Waals surface area (Å²) in [6.07, 6.45) is 8.46. The smallest absolute Gasteiger partial charge is 0.232 e. The lowest BCUT2D eigenvalue weighted by Gasteiger charge is -2.22.